The van der Waals surface area contributed by atoms with Crippen molar-refractivity contribution in [3.63, 3.8) is 0 Å². The van der Waals surface area contributed by atoms with Crippen molar-refractivity contribution in [2.24, 2.45) is 0 Å². The molecule has 1 saturated carbocycles. The van der Waals surface area contributed by atoms with Crippen molar-refractivity contribution in [3.05, 3.63) is 65.2 Å². The first-order valence-corrected chi connectivity index (χ1v) is 13.2. The van der Waals surface area contributed by atoms with Gasteiger partial charge in [0, 0.05) is 36.7 Å². The Balaban J connectivity index is 1.51. The molecule has 3 aromatic rings. The van der Waals surface area contributed by atoms with Crippen molar-refractivity contribution in [2.45, 2.75) is 77.6 Å². The van der Waals surface area contributed by atoms with E-state index >= 15 is 0 Å². The van der Waals surface area contributed by atoms with Gasteiger partial charge in [-0.1, -0.05) is 37.5 Å². The zero-order valence-electron chi connectivity index (χ0n) is 21.2. The van der Waals surface area contributed by atoms with E-state index in [1.165, 1.54) is 6.42 Å². The van der Waals surface area contributed by atoms with Gasteiger partial charge in [0.05, 0.1) is 30.0 Å². The first-order chi connectivity index (χ1) is 17.5. The molecule has 36 heavy (non-hydrogen) atoms. The van der Waals surface area contributed by atoms with Gasteiger partial charge in [-0.15, -0.1) is 0 Å². The second kappa shape index (κ2) is 10.8. The number of carbonyl (C=O) groups is 2. The Bertz CT molecular complexity index is 1210. The number of pyridine rings is 1. The van der Waals surface area contributed by atoms with Crippen LogP contribution < -0.4 is 0 Å². The molecule has 7 heteroatoms. The summed E-state index contributed by atoms with van der Waals surface area (Å²) in [5, 5.41) is 0.794. The van der Waals surface area contributed by atoms with Gasteiger partial charge in [-0.05, 0) is 51.3 Å². The van der Waals surface area contributed by atoms with Crippen LogP contribution in [0.1, 0.15) is 84.5 Å². The number of furan rings is 1. The quantitative estimate of drug-likeness (QED) is 0.367. The van der Waals surface area contributed by atoms with Gasteiger partial charge < -0.3 is 19.0 Å². The number of rotatable bonds is 9. The lowest BCUT2D eigenvalue weighted by atomic mass is 9.94. The topological polar surface area (TPSA) is 75.9 Å². The van der Waals surface area contributed by atoms with Gasteiger partial charge in [0.15, 0.2) is 0 Å². The maximum absolute atomic E-state index is 14.2. The lowest BCUT2D eigenvalue weighted by Gasteiger charge is -2.30. The Kier molecular flexibility index (Phi) is 7.37. The molecule has 1 aromatic carbocycles. The molecule has 1 fully saturated rings. The van der Waals surface area contributed by atoms with Crippen LogP contribution in [0.3, 0.4) is 0 Å². The minimum atomic E-state index is -0.0934. The van der Waals surface area contributed by atoms with Crippen molar-refractivity contribution in [2.75, 3.05) is 13.2 Å². The Morgan fingerprint density at radius 1 is 1.17 bits per heavy atom. The third kappa shape index (κ3) is 5.03. The van der Waals surface area contributed by atoms with Gasteiger partial charge >= 0.3 is 0 Å². The summed E-state index contributed by atoms with van der Waals surface area (Å²) in [5.74, 6) is 0.590. The first-order valence-electron chi connectivity index (χ1n) is 13.2. The standard InChI is InChI=1S/C29H35N3O4/c1-20(2)35-17-9-15-31(18-22-12-8-16-36-22)28(33)26-23-13-6-7-14-25(23)30-27-24(26)19-32(29(27)34)21-10-4-3-5-11-21/h6-8,12-14,16,20-21H,3-5,9-11,15,17-19H2,1-2H3. The Hall–Kier alpha value is -3.19. The van der Waals surface area contributed by atoms with Crippen molar-refractivity contribution in [1.82, 2.24) is 14.8 Å². The number of hydrogen-bond acceptors (Lipinski definition) is 5. The average molecular weight is 490 g/mol. The molecule has 5 rings (SSSR count). The van der Waals surface area contributed by atoms with Crippen LogP contribution in [-0.2, 0) is 17.8 Å². The fourth-order valence-corrected chi connectivity index (χ4v) is 5.47. The summed E-state index contributed by atoms with van der Waals surface area (Å²) in [5.41, 5.74) is 2.47. The highest BCUT2D eigenvalue weighted by Gasteiger charge is 2.38. The van der Waals surface area contributed by atoms with Crippen molar-refractivity contribution >= 4 is 22.7 Å². The minimum absolute atomic E-state index is 0.0420. The molecule has 0 N–H and O–H groups in total. The van der Waals surface area contributed by atoms with Crippen LogP contribution in [0.4, 0.5) is 0 Å². The zero-order chi connectivity index (χ0) is 25.1. The van der Waals surface area contributed by atoms with E-state index in [9.17, 15) is 9.59 Å². The van der Waals surface area contributed by atoms with Crippen LogP contribution >= 0.6 is 0 Å². The van der Waals surface area contributed by atoms with Crippen LogP contribution in [0.25, 0.3) is 10.9 Å². The Morgan fingerprint density at radius 3 is 2.72 bits per heavy atom. The van der Waals surface area contributed by atoms with E-state index in [1.54, 1.807) is 6.26 Å². The SMILES string of the molecule is CC(C)OCCCN(Cc1ccco1)C(=O)c1c2c(nc3ccccc13)C(=O)N(C1CCCCC1)C2. The monoisotopic (exact) mass is 489 g/mol. The summed E-state index contributed by atoms with van der Waals surface area (Å²) in [7, 11) is 0. The molecule has 2 aromatic heterocycles. The Morgan fingerprint density at radius 2 is 1.97 bits per heavy atom. The van der Waals surface area contributed by atoms with Gasteiger partial charge in [0.1, 0.15) is 11.5 Å². The van der Waals surface area contributed by atoms with E-state index in [2.05, 4.69) is 0 Å². The van der Waals surface area contributed by atoms with Gasteiger partial charge in [-0.25, -0.2) is 4.98 Å². The summed E-state index contributed by atoms with van der Waals surface area (Å²) in [6, 6.07) is 11.6. The number of amides is 2. The van der Waals surface area contributed by atoms with Crippen molar-refractivity contribution in [3.8, 4) is 0 Å². The van der Waals surface area contributed by atoms with E-state index < -0.39 is 0 Å². The van der Waals surface area contributed by atoms with Crippen molar-refractivity contribution < 1.29 is 18.7 Å². The lowest BCUT2D eigenvalue weighted by molar-refractivity contribution is 0.0592. The van der Waals surface area contributed by atoms with E-state index in [1.807, 2.05) is 60.0 Å². The highest BCUT2D eigenvalue weighted by atomic mass is 16.5. The second-order valence-electron chi connectivity index (χ2n) is 10.1. The molecular weight excluding hydrogens is 454 g/mol. The van der Waals surface area contributed by atoms with Crippen LogP contribution in [0.15, 0.2) is 47.1 Å². The number of carbonyl (C=O) groups excluding carboxylic acids is 2. The van der Waals surface area contributed by atoms with Crippen LogP contribution in [-0.4, -0.2) is 51.9 Å². The number of hydrogen-bond donors (Lipinski definition) is 0. The maximum Gasteiger partial charge on any atom is 0.273 e. The normalized spacial score (nSPS) is 16.2. The van der Waals surface area contributed by atoms with Crippen molar-refractivity contribution in [1.29, 1.82) is 0 Å². The van der Waals surface area contributed by atoms with E-state index in [0.717, 1.165) is 42.4 Å². The predicted octanol–water partition coefficient (Wildman–Crippen LogP) is 5.57. The molecule has 7 nitrogen and oxygen atoms in total. The number of nitrogens with zero attached hydrogens (tertiary/aromatic N) is 3. The summed E-state index contributed by atoms with van der Waals surface area (Å²) in [6.45, 7) is 5.92. The summed E-state index contributed by atoms with van der Waals surface area (Å²) < 4.78 is 11.3. The molecule has 2 amide bonds. The summed E-state index contributed by atoms with van der Waals surface area (Å²) in [4.78, 5) is 36.3. The molecule has 1 aliphatic heterocycles. The number of para-hydroxylation sites is 1. The van der Waals surface area contributed by atoms with Gasteiger partial charge in [0.25, 0.3) is 11.8 Å². The number of benzene rings is 1. The first kappa shape index (κ1) is 24.5. The Labute approximate surface area is 212 Å². The van der Waals surface area contributed by atoms with E-state index in [0.29, 0.717) is 49.4 Å². The molecule has 3 heterocycles. The summed E-state index contributed by atoms with van der Waals surface area (Å²) in [6.07, 6.45) is 8.01. The fourth-order valence-electron chi connectivity index (χ4n) is 5.47. The zero-order valence-corrected chi connectivity index (χ0v) is 21.2. The minimum Gasteiger partial charge on any atom is -0.467 e. The van der Waals surface area contributed by atoms with Gasteiger partial charge in [0.2, 0.25) is 0 Å². The highest BCUT2D eigenvalue weighted by Crippen LogP contribution is 2.35. The largest absolute Gasteiger partial charge is 0.467 e. The smallest absolute Gasteiger partial charge is 0.273 e. The van der Waals surface area contributed by atoms with E-state index in [-0.39, 0.29) is 24.0 Å². The highest BCUT2D eigenvalue weighted by molar-refractivity contribution is 6.11. The molecule has 1 aliphatic carbocycles. The van der Waals surface area contributed by atoms with Gasteiger partial charge in [-0.2, -0.15) is 0 Å². The lowest BCUT2D eigenvalue weighted by Crippen LogP contribution is -2.37. The molecule has 0 spiro atoms. The molecule has 0 unspecified atom stereocenters. The third-order valence-corrected chi connectivity index (χ3v) is 7.25. The molecule has 0 bridgehead atoms. The molecular formula is C29H35N3O4. The molecule has 0 atom stereocenters. The molecule has 190 valence electrons. The van der Waals surface area contributed by atoms with Crippen LogP contribution in [0.5, 0.6) is 0 Å². The van der Waals surface area contributed by atoms with Gasteiger partial charge in [-0.3, -0.25) is 9.59 Å². The predicted molar refractivity (Wildman–Crippen MR) is 138 cm³/mol. The molecule has 0 radical (unpaired) electrons. The fraction of sp³-hybridized carbons (Fsp3) is 0.483. The van der Waals surface area contributed by atoms with E-state index in [4.69, 9.17) is 14.1 Å². The summed E-state index contributed by atoms with van der Waals surface area (Å²) >= 11 is 0. The molecule has 2 aliphatic rings. The van der Waals surface area contributed by atoms with Crippen LogP contribution in [0.2, 0.25) is 0 Å². The van der Waals surface area contributed by atoms with Crippen LogP contribution in [0, 0.1) is 0 Å². The second-order valence-corrected chi connectivity index (χ2v) is 10.1. The molecule has 0 saturated heterocycles. The number of fused-ring (bicyclic) bond motifs is 2. The average Bonchev–Trinajstić information content (AvgIpc) is 3.52. The third-order valence-electron chi connectivity index (χ3n) is 7.25. The number of aromatic nitrogens is 1. The maximum atomic E-state index is 14.2. The number of ether oxygens (including phenoxy) is 1.